The standard InChI is InChI=1S/C5H10N2O/c1-4-3-5(8)6-7(4)2/h4H,3H2,1-2H3,(H,6,8). The predicted octanol–water partition coefficient (Wildman–Crippen LogP) is -0.258. The number of carbonyl (C=O) groups excluding carboxylic acids is 1. The minimum atomic E-state index is 0.125. The predicted molar refractivity (Wildman–Crippen MR) is 30.0 cm³/mol. The van der Waals surface area contributed by atoms with Crippen LogP contribution in [0.3, 0.4) is 0 Å². The Bertz CT molecular complexity index is 101. The first kappa shape index (κ1) is 5.56. The first-order valence-corrected chi connectivity index (χ1v) is 2.72. The van der Waals surface area contributed by atoms with Crippen molar-refractivity contribution in [3.8, 4) is 0 Å². The molecule has 1 unspecified atom stereocenters. The fourth-order valence-electron chi connectivity index (χ4n) is 0.758. The molecule has 1 atom stereocenters. The highest BCUT2D eigenvalue weighted by atomic mass is 16.2. The first-order chi connectivity index (χ1) is 3.70. The summed E-state index contributed by atoms with van der Waals surface area (Å²) in [6, 6.07) is 0.363. The zero-order chi connectivity index (χ0) is 6.15. The molecular weight excluding hydrogens is 104 g/mol. The van der Waals surface area contributed by atoms with Gasteiger partial charge in [0.15, 0.2) is 0 Å². The third-order valence-electron chi connectivity index (χ3n) is 1.44. The van der Waals surface area contributed by atoms with Crippen LogP contribution in [0, 0.1) is 0 Å². The Morgan fingerprint density at radius 3 is 2.62 bits per heavy atom. The fourth-order valence-corrected chi connectivity index (χ4v) is 0.758. The zero-order valence-electron chi connectivity index (χ0n) is 5.14. The number of hydrazine groups is 1. The number of nitrogens with one attached hydrogen (secondary N) is 1. The highest BCUT2D eigenvalue weighted by Gasteiger charge is 2.21. The van der Waals surface area contributed by atoms with Gasteiger partial charge in [0, 0.05) is 19.5 Å². The molecule has 1 N–H and O–H groups in total. The molecule has 8 heavy (non-hydrogen) atoms. The first-order valence-electron chi connectivity index (χ1n) is 2.72. The average molecular weight is 114 g/mol. The Morgan fingerprint density at radius 2 is 2.50 bits per heavy atom. The van der Waals surface area contributed by atoms with E-state index in [2.05, 4.69) is 5.43 Å². The van der Waals surface area contributed by atoms with Gasteiger partial charge in [0.2, 0.25) is 5.91 Å². The zero-order valence-corrected chi connectivity index (χ0v) is 5.14. The molecule has 0 aromatic rings. The van der Waals surface area contributed by atoms with Gasteiger partial charge in [-0.05, 0) is 6.92 Å². The van der Waals surface area contributed by atoms with E-state index in [-0.39, 0.29) is 5.91 Å². The van der Waals surface area contributed by atoms with Gasteiger partial charge in [0.1, 0.15) is 0 Å². The van der Waals surface area contributed by atoms with Crippen molar-refractivity contribution in [1.82, 2.24) is 10.4 Å². The molecule has 1 rings (SSSR count). The van der Waals surface area contributed by atoms with Crippen molar-refractivity contribution in [2.75, 3.05) is 7.05 Å². The summed E-state index contributed by atoms with van der Waals surface area (Å²) in [6.45, 7) is 2.01. The normalized spacial score (nSPS) is 30.8. The van der Waals surface area contributed by atoms with E-state index in [1.165, 1.54) is 0 Å². The van der Waals surface area contributed by atoms with Gasteiger partial charge < -0.3 is 0 Å². The molecule has 0 aromatic heterocycles. The highest BCUT2D eigenvalue weighted by Crippen LogP contribution is 2.04. The monoisotopic (exact) mass is 114 g/mol. The lowest BCUT2D eigenvalue weighted by molar-refractivity contribution is -0.120. The molecular formula is C5H10N2O. The second-order valence-corrected chi connectivity index (χ2v) is 2.20. The van der Waals surface area contributed by atoms with Gasteiger partial charge in [-0.2, -0.15) is 0 Å². The van der Waals surface area contributed by atoms with Crippen molar-refractivity contribution in [3.63, 3.8) is 0 Å². The third-order valence-corrected chi connectivity index (χ3v) is 1.44. The van der Waals surface area contributed by atoms with Gasteiger partial charge in [-0.15, -0.1) is 0 Å². The van der Waals surface area contributed by atoms with Crippen LogP contribution in [0.1, 0.15) is 13.3 Å². The minimum absolute atomic E-state index is 0.125. The van der Waals surface area contributed by atoms with Crippen molar-refractivity contribution in [3.05, 3.63) is 0 Å². The molecule has 1 fully saturated rings. The van der Waals surface area contributed by atoms with Crippen molar-refractivity contribution in [2.24, 2.45) is 0 Å². The summed E-state index contributed by atoms with van der Waals surface area (Å²) < 4.78 is 0. The quantitative estimate of drug-likeness (QED) is 0.470. The number of amides is 1. The fraction of sp³-hybridized carbons (Fsp3) is 0.800. The number of rotatable bonds is 0. The molecule has 0 saturated carbocycles. The SMILES string of the molecule is CC1CC(=O)NN1C. The van der Waals surface area contributed by atoms with E-state index in [0.29, 0.717) is 12.5 Å². The van der Waals surface area contributed by atoms with E-state index >= 15 is 0 Å². The maximum absolute atomic E-state index is 10.5. The van der Waals surface area contributed by atoms with E-state index in [4.69, 9.17) is 0 Å². The van der Waals surface area contributed by atoms with E-state index in [9.17, 15) is 4.79 Å². The van der Waals surface area contributed by atoms with Crippen LogP contribution in [0.2, 0.25) is 0 Å². The van der Waals surface area contributed by atoms with Gasteiger partial charge >= 0.3 is 0 Å². The molecule has 1 saturated heterocycles. The van der Waals surface area contributed by atoms with Crippen molar-refractivity contribution in [2.45, 2.75) is 19.4 Å². The van der Waals surface area contributed by atoms with Gasteiger partial charge in [-0.3, -0.25) is 10.2 Å². The van der Waals surface area contributed by atoms with Crippen LogP contribution in [0.4, 0.5) is 0 Å². The van der Waals surface area contributed by atoms with Gasteiger partial charge in [0.05, 0.1) is 0 Å². The lowest BCUT2D eigenvalue weighted by Crippen LogP contribution is -2.32. The van der Waals surface area contributed by atoms with Gasteiger partial charge in [0.25, 0.3) is 0 Å². The summed E-state index contributed by atoms with van der Waals surface area (Å²) >= 11 is 0. The van der Waals surface area contributed by atoms with Crippen molar-refractivity contribution >= 4 is 5.91 Å². The molecule has 1 aliphatic rings. The Hall–Kier alpha value is -0.570. The van der Waals surface area contributed by atoms with Crippen molar-refractivity contribution < 1.29 is 4.79 Å². The maximum Gasteiger partial charge on any atom is 0.235 e. The van der Waals surface area contributed by atoms with Crippen LogP contribution in [-0.4, -0.2) is 24.0 Å². The minimum Gasteiger partial charge on any atom is -0.289 e. The highest BCUT2D eigenvalue weighted by molar-refractivity contribution is 5.77. The number of hydrogen-bond donors (Lipinski definition) is 1. The maximum atomic E-state index is 10.5. The molecule has 0 aromatic carbocycles. The average Bonchev–Trinajstić information content (AvgIpc) is 1.85. The third kappa shape index (κ3) is 0.816. The smallest absolute Gasteiger partial charge is 0.235 e. The van der Waals surface area contributed by atoms with Crippen LogP contribution < -0.4 is 5.43 Å². The summed E-state index contributed by atoms with van der Waals surface area (Å²) in [5, 5.41) is 1.82. The van der Waals surface area contributed by atoms with E-state index in [1.807, 2.05) is 19.0 Å². The van der Waals surface area contributed by atoms with Crippen LogP contribution in [-0.2, 0) is 4.79 Å². The van der Waals surface area contributed by atoms with Gasteiger partial charge in [-0.25, -0.2) is 5.01 Å². The molecule has 0 bridgehead atoms. The second kappa shape index (κ2) is 1.74. The summed E-state index contributed by atoms with van der Waals surface area (Å²) in [5.74, 6) is 0.125. The van der Waals surface area contributed by atoms with E-state index in [1.54, 1.807) is 0 Å². The lowest BCUT2D eigenvalue weighted by Gasteiger charge is -2.11. The van der Waals surface area contributed by atoms with Crippen LogP contribution >= 0.6 is 0 Å². The lowest BCUT2D eigenvalue weighted by atomic mass is 10.3. The molecule has 46 valence electrons. The van der Waals surface area contributed by atoms with Crippen LogP contribution in [0.5, 0.6) is 0 Å². The summed E-state index contributed by atoms with van der Waals surface area (Å²) in [5.41, 5.74) is 2.66. The molecule has 1 heterocycles. The largest absolute Gasteiger partial charge is 0.289 e. The van der Waals surface area contributed by atoms with Gasteiger partial charge in [-0.1, -0.05) is 0 Å². The Balaban J connectivity index is 2.51. The number of carbonyl (C=O) groups is 1. The van der Waals surface area contributed by atoms with Crippen molar-refractivity contribution in [1.29, 1.82) is 0 Å². The number of nitrogens with zero attached hydrogens (tertiary/aromatic N) is 1. The topological polar surface area (TPSA) is 32.3 Å². The molecule has 1 amide bonds. The Morgan fingerprint density at radius 1 is 1.88 bits per heavy atom. The van der Waals surface area contributed by atoms with E-state index < -0.39 is 0 Å². The molecule has 1 aliphatic heterocycles. The molecule has 0 radical (unpaired) electrons. The summed E-state index contributed by atoms with van der Waals surface area (Å²) in [7, 11) is 1.87. The molecule has 3 heteroatoms. The Kier molecular flexibility index (Phi) is 1.21. The summed E-state index contributed by atoms with van der Waals surface area (Å²) in [4.78, 5) is 10.5. The second-order valence-electron chi connectivity index (χ2n) is 2.20. The van der Waals surface area contributed by atoms with Crippen LogP contribution in [0.15, 0.2) is 0 Å². The molecule has 0 spiro atoms. The number of hydrogen-bond acceptors (Lipinski definition) is 2. The van der Waals surface area contributed by atoms with E-state index in [0.717, 1.165) is 0 Å². The molecule has 0 aliphatic carbocycles. The summed E-state index contributed by atoms with van der Waals surface area (Å²) in [6.07, 6.45) is 0.635. The molecule has 3 nitrogen and oxygen atoms in total. The van der Waals surface area contributed by atoms with Crippen LogP contribution in [0.25, 0.3) is 0 Å². The Labute approximate surface area is 48.6 Å².